The highest BCUT2D eigenvalue weighted by molar-refractivity contribution is 6.33. The van der Waals surface area contributed by atoms with Gasteiger partial charge in [-0.25, -0.2) is 4.98 Å². The van der Waals surface area contributed by atoms with Crippen LogP contribution in [0.1, 0.15) is 51.1 Å². The first-order valence-corrected chi connectivity index (χ1v) is 13.2. The number of ether oxygens (including phenoxy) is 2. The van der Waals surface area contributed by atoms with Crippen LogP contribution in [0.5, 0.6) is 0 Å². The van der Waals surface area contributed by atoms with Gasteiger partial charge in [-0.15, -0.1) is 0 Å². The van der Waals surface area contributed by atoms with Crippen LogP contribution in [-0.2, 0) is 15.9 Å². The van der Waals surface area contributed by atoms with Crippen LogP contribution in [0.25, 0.3) is 11.1 Å². The van der Waals surface area contributed by atoms with Gasteiger partial charge in [0.1, 0.15) is 0 Å². The zero-order valence-corrected chi connectivity index (χ0v) is 21.7. The molecule has 0 radical (unpaired) electrons. The molecule has 4 rings (SSSR count). The molecule has 0 amide bonds. The molecule has 2 aliphatic rings. The number of anilines is 1. The minimum atomic E-state index is -0.495. The summed E-state index contributed by atoms with van der Waals surface area (Å²) in [6.45, 7) is 6.05. The molecule has 0 bridgehead atoms. The van der Waals surface area contributed by atoms with Crippen LogP contribution in [0, 0.1) is 17.3 Å². The molecule has 8 heteroatoms. The molecule has 35 heavy (non-hydrogen) atoms. The third-order valence-electron chi connectivity index (χ3n) is 7.55. The first-order chi connectivity index (χ1) is 17.0. The van der Waals surface area contributed by atoms with Crippen molar-refractivity contribution in [3.8, 4) is 11.1 Å². The van der Waals surface area contributed by atoms with Crippen LogP contribution in [0.3, 0.4) is 0 Å². The van der Waals surface area contributed by atoms with E-state index < -0.39 is 5.95 Å². The van der Waals surface area contributed by atoms with E-state index in [1.807, 2.05) is 12.1 Å². The Hall–Kier alpha value is -1.80. The largest absolute Gasteiger partial charge is 0.383 e. The Morgan fingerprint density at radius 1 is 1.14 bits per heavy atom. The van der Waals surface area contributed by atoms with E-state index in [-0.39, 0.29) is 5.41 Å². The molecule has 2 aromatic rings. The highest BCUT2D eigenvalue weighted by atomic mass is 35.5. The predicted molar refractivity (Wildman–Crippen MR) is 138 cm³/mol. The lowest BCUT2D eigenvalue weighted by Gasteiger charge is -2.33. The Balaban J connectivity index is 1.40. The zero-order chi connectivity index (χ0) is 24.7. The van der Waals surface area contributed by atoms with E-state index in [1.54, 1.807) is 19.5 Å². The minimum Gasteiger partial charge on any atom is -0.383 e. The van der Waals surface area contributed by atoms with Crippen molar-refractivity contribution in [2.45, 2.75) is 57.9 Å². The van der Waals surface area contributed by atoms with E-state index in [1.165, 1.54) is 25.7 Å². The number of nitrogens with zero attached hydrogens (tertiary/aromatic N) is 2. The summed E-state index contributed by atoms with van der Waals surface area (Å²) in [5, 5.41) is 7.42. The second kappa shape index (κ2) is 12.4. The van der Waals surface area contributed by atoms with Crippen LogP contribution in [-0.4, -0.2) is 56.0 Å². The molecule has 0 atom stereocenters. The van der Waals surface area contributed by atoms with Crippen LogP contribution in [0.15, 0.2) is 24.5 Å². The molecular formula is C27H38ClFN4O2. The molecule has 6 nitrogen and oxygen atoms in total. The van der Waals surface area contributed by atoms with Gasteiger partial charge in [0.05, 0.1) is 17.3 Å². The average Bonchev–Trinajstić information content (AvgIpc) is 2.86. The van der Waals surface area contributed by atoms with Crippen LogP contribution in [0.2, 0.25) is 5.02 Å². The van der Waals surface area contributed by atoms with Gasteiger partial charge >= 0.3 is 0 Å². The highest BCUT2D eigenvalue weighted by Crippen LogP contribution is 2.34. The summed E-state index contributed by atoms with van der Waals surface area (Å²) in [7, 11) is 1.73. The Bertz CT molecular complexity index is 962. The van der Waals surface area contributed by atoms with E-state index in [0.717, 1.165) is 62.4 Å². The number of hydrogen-bond donors (Lipinski definition) is 2. The van der Waals surface area contributed by atoms with Crippen molar-refractivity contribution in [3.63, 3.8) is 0 Å². The molecule has 3 heterocycles. The fourth-order valence-corrected chi connectivity index (χ4v) is 5.33. The smallest absolute Gasteiger partial charge is 0.236 e. The highest BCUT2D eigenvalue weighted by Gasteiger charge is 2.27. The SMILES string of the molecule is COCCNC1CCC(Cc2cc(-c3cnc(F)c(NCC4(C)CCOCC4)c3)c(Cl)cn2)CC1. The lowest BCUT2D eigenvalue weighted by Crippen LogP contribution is -2.35. The molecule has 192 valence electrons. The Kier molecular flexibility index (Phi) is 9.34. The summed E-state index contributed by atoms with van der Waals surface area (Å²) in [6.07, 6.45) is 10.8. The molecule has 2 aromatic heterocycles. The molecule has 1 aliphatic carbocycles. The van der Waals surface area contributed by atoms with E-state index in [4.69, 9.17) is 21.1 Å². The van der Waals surface area contributed by atoms with Crippen LogP contribution < -0.4 is 10.6 Å². The van der Waals surface area contributed by atoms with Gasteiger partial charge in [-0.2, -0.15) is 4.39 Å². The summed E-state index contributed by atoms with van der Waals surface area (Å²) < 4.78 is 25.1. The number of halogens is 2. The molecule has 2 N–H and O–H groups in total. The van der Waals surface area contributed by atoms with Crippen molar-refractivity contribution in [2.24, 2.45) is 11.3 Å². The summed E-state index contributed by atoms with van der Waals surface area (Å²) in [4.78, 5) is 8.62. The van der Waals surface area contributed by atoms with Gasteiger partial charge in [-0.05, 0) is 68.4 Å². The lowest BCUT2D eigenvalue weighted by molar-refractivity contribution is 0.0300. The molecular weight excluding hydrogens is 467 g/mol. The second-order valence-electron chi connectivity index (χ2n) is 10.4. The monoisotopic (exact) mass is 504 g/mol. The Labute approximate surface area is 213 Å². The molecule has 0 unspecified atom stereocenters. The van der Waals surface area contributed by atoms with E-state index in [2.05, 4.69) is 27.5 Å². The maximum atomic E-state index is 14.5. The Morgan fingerprint density at radius 3 is 2.66 bits per heavy atom. The maximum Gasteiger partial charge on any atom is 0.236 e. The summed E-state index contributed by atoms with van der Waals surface area (Å²) in [6, 6.07) is 4.44. The van der Waals surface area contributed by atoms with E-state index in [9.17, 15) is 4.39 Å². The molecule has 1 saturated heterocycles. The van der Waals surface area contributed by atoms with E-state index in [0.29, 0.717) is 29.2 Å². The van der Waals surface area contributed by atoms with Crippen LogP contribution in [0.4, 0.5) is 10.1 Å². The standard InChI is InChI=1S/C27H38ClFN4O2/c1-27(7-10-35-11-8-27)18-33-25-14-20(16-32-26(25)29)23-15-22(31-17-24(23)28)13-19-3-5-21(6-4-19)30-9-12-34-2/h14-17,19,21,30,33H,3-13,18H2,1-2H3. The van der Waals surface area contributed by atoms with E-state index >= 15 is 0 Å². The van der Waals surface area contributed by atoms with Crippen molar-refractivity contribution >= 4 is 17.3 Å². The molecule has 2 fully saturated rings. The van der Waals surface area contributed by atoms with Gasteiger partial charge in [0.2, 0.25) is 5.95 Å². The van der Waals surface area contributed by atoms with Crippen LogP contribution >= 0.6 is 11.6 Å². The molecule has 1 aliphatic heterocycles. The van der Waals surface area contributed by atoms with Crippen molar-refractivity contribution < 1.29 is 13.9 Å². The van der Waals surface area contributed by atoms with Crippen molar-refractivity contribution in [3.05, 3.63) is 41.2 Å². The topological polar surface area (TPSA) is 68.3 Å². The molecule has 0 spiro atoms. The van der Waals surface area contributed by atoms with Gasteiger partial charge in [-0.3, -0.25) is 4.98 Å². The third-order valence-corrected chi connectivity index (χ3v) is 7.85. The molecule has 0 aromatic carbocycles. The number of hydrogen-bond acceptors (Lipinski definition) is 6. The minimum absolute atomic E-state index is 0.0838. The number of rotatable bonds is 10. The summed E-state index contributed by atoms with van der Waals surface area (Å²) in [5.74, 6) is 0.117. The van der Waals surface area contributed by atoms with Gasteiger partial charge < -0.3 is 20.1 Å². The normalized spacial score (nSPS) is 22.2. The lowest BCUT2D eigenvalue weighted by atomic mass is 9.82. The van der Waals surface area contributed by atoms with Gasteiger partial charge in [0.25, 0.3) is 0 Å². The van der Waals surface area contributed by atoms with Crippen molar-refractivity contribution in [2.75, 3.05) is 45.3 Å². The Morgan fingerprint density at radius 2 is 1.91 bits per heavy atom. The molecule has 1 saturated carbocycles. The average molecular weight is 505 g/mol. The zero-order valence-electron chi connectivity index (χ0n) is 20.9. The first kappa shape index (κ1) is 26.3. The maximum absolute atomic E-state index is 14.5. The number of aromatic nitrogens is 2. The van der Waals surface area contributed by atoms with Gasteiger partial charge in [0, 0.05) is 68.7 Å². The predicted octanol–water partition coefficient (Wildman–Crippen LogP) is 5.50. The fourth-order valence-electron chi connectivity index (χ4n) is 5.12. The third kappa shape index (κ3) is 7.35. The first-order valence-electron chi connectivity index (χ1n) is 12.8. The fraction of sp³-hybridized carbons (Fsp3) is 0.630. The second-order valence-corrected chi connectivity index (χ2v) is 10.8. The number of nitrogens with one attached hydrogen (secondary N) is 2. The van der Waals surface area contributed by atoms with Crippen molar-refractivity contribution in [1.82, 2.24) is 15.3 Å². The van der Waals surface area contributed by atoms with Crippen molar-refractivity contribution in [1.29, 1.82) is 0 Å². The quantitative estimate of drug-likeness (QED) is 0.329. The summed E-state index contributed by atoms with van der Waals surface area (Å²) >= 11 is 6.53. The number of pyridine rings is 2. The number of methoxy groups -OCH3 is 1. The van der Waals surface area contributed by atoms with Gasteiger partial charge in [0.15, 0.2) is 0 Å². The summed E-state index contributed by atoms with van der Waals surface area (Å²) in [5.41, 5.74) is 3.16. The van der Waals surface area contributed by atoms with Gasteiger partial charge in [-0.1, -0.05) is 18.5 Å².